The van der Waals surface area contributed by atoms with Gasteiger partial charge < -0.3 is 9.84 Å². The van der Waals surface area contributed by atoms with Crippen LogP contribution in [0.5, 0.6) is 5.75 Å². The molecule has 2 aromatic rings. The van der Waals surface area contributed by atoms with E-state index in [-0.39, 0.29) is 33.6 Å². The van der Waals surface area contributed by atoms with Crippen molar-refractivity contribution in [2.45, 2.75) is 12.5 Å². The lowest BCUT2D eigenvalue weighted by molar-refractivity contribution is -0.144. The average molecular weight is 372 g/mol. The van der Waals surface area contributed by atoms with Gasteiger partial charge in [-0.2, -0.15) is 0 Å². The van der Waals surface area contributed by atoms with Gasteiger partial charge in [0.2, 0.25) is 0 Å². The number of benzene rings is 2. The highest BCUT2D eigenvalue weighted by Crippen LogP contribution is 2.42. The molecule has 1 N–H and O–H groups in total. The average Bonchev–Trinajstić information content (AvgIpc) is 2.96. The van der Waals surface area contributed by atoms with Gasteiger partial charge in [-0.05, 0) is 18.2 Å². The fourth-order valence-corrected chi connectivity index (χ4v) is 3.19. The number of ketones is 1. The van der Waals surface area contributed by atoms with Gasteiger partial charge in [-0.3, -0.25) is 4.79 Å². The SMILES string of the molecule is O=C(c1cccc(Cl)c1)c1cc(Cl)c2c(c1Cl)CC(C(=O)O)O2. The molecular formula is C16H9Cl3O4. The van der Waals surface area contributed by atoms with Crippen LogP contribution in [0.2, 0.25) is 15.1 Å². The standard InChI is InChI=1S/C16H9Cl3O4/c17-8-3-1-2-7(4-8)14(20)9-5-11(18)15-10(13(9)19)6-12(23-15)16(21)22/h1-5,12H,6H2,(H,21,22). The van der Waals surface area contributed by atoms with Crippen molar-refractivity contribution in [3.63, 3.8) is 0 Å². The number of carbonyl (C=O) groups is 2. The Hall–Kier alpha value is -1.75. The Morgan fingerprint density at radius 3 is 2.57 bits per heavy atom. The molecule has 0 aromatic heterocycles. The van der Waals surface area contributed by atoms with Gasteiger partial charge in [-0.15, -0.1) is 0 Å². The lowest BCUT2D eigenvalue weighted by atomic mass is 9.99. The molecule has 118 valence electrons. The van der Waals surface area contributed by atoms with Gasteiger partial charge in [0, 0.05) is 28.1 Å². The molecule has 0 bridgehead atoms. The predicted octanol–water partition coefficient (Wildman–Crippen LogP) is 4.27. The number of rotatable bonds is 3. The van der Waals surface area contributed by atoms with Gasteiger partial charge in [0.25, 0.3) is 0 Å². The summed E-state index contributed by atoms with van der Waals surface area (Å²) in [6.07, 6.45) is -1.00. The number of hydrogen-bond donors (Lipinski definition) is 1. The first kappa shape index (κ1) is 16.1. The van der Waals surface area contributed by atoms with Crippen molar-refractivity contribution < 1.29 is 19.4 Å². The zero-order valence-corrected chi connectivity index (χ0v) is 13.7. The van der Waals surface area contributed by atoms with E-state index >= 15 is 0 Å². The van der Waals surface area contributed by atoms with Crippen molar-refractivity contribution in [2.75, 3.05) is 0 Å². The van der Waals surface area contributed by atoms with Crippen molar-refractivity contribution >= 4 is 46.6 Å². The Balaban J connectivity index is 2.06. The summed E-state index contributed by atoms with van der Waals surface area (Å²) in [5, 5.41) is 9.79. The summed E-state index contributed by atoms with van der Waals surface area (Å²) in [6.45, 7) is 0. The minimum Gasteiger partial charge on any atom is -0.478 e. The highest BCUT2D eigenvalue weighted by Gasteiger charge is 2.34. The number of hydrogen-bond acceptors (Lipinski definition) is 3. The van der Waals surface area contributed by atoms with E-state index < -0.39 is 12.1 Å². The summed E-state index contributed by atoms with van der Waals surface area (Å²) in [4.78, 5) is 23.7. The minimum atomic E-state index is -1.11. The van der Waals surface area contributed by atoms with Crippen LogP contribution in [0.1, 0.15) is 21.5 Å². The molecule has 7 heteroatoms. The van der Waals surface area contributed by atoms with Crippen LogP contribution in [-0.4, -0.2) is 23.0 Å². The number of carboxylic acid groups (broad SMARTS) is 1. The molecule has 3 rings (SSSR count). The molecule has 0 radical (unpaired) electrons. The van der Waals surface area contributed by atoms with Gasteiger partial charge in [-0.1, -0.05) is 46.9 Å². The zero-order valence-electron chi connectivity index (χ0n) is 11.5. The Bertz CT molecular complexity index is 832. The second-order valence-corrected chi connectivity index (χ2v) is 6.24. The van der Waals surface area contributed by atoms with Crippen LogP contribution in [0.3, 0.4) is 0 Å². The van der Waals surface area contributed by atoms with Gasteiger partial charge >= 0.3 is 5.97 Å². The van der Waals surface area contributed by atoms with Gasteiger partial charge in [0.05, 0.1) is 10.0 Å². The number of carbonyl (C=O) groups excluding carboxylic acids is 1. The molecule has 0 spiro atoms. The largest absolute Gasteiger partial charge is 0.478 e. The number of ether oxygens (including phenoxy) is 1. The minimum absolute atomic E-state index is 0.0554. The summed E-state index contributed by atoms with van der Waals surface area (Å²) in [6, 6.07) is 7.83. The third-order valence-corrected chi connectivity index (χ3v) is 4.47. The van der Waals surface area contributed by atoms with E-state index in [1.165, 1.54) is 12.1 Å². The van der Waals surface area contributed by atoms with E-state index in [0.717, 1.165) is 0 Å². The molecule has 0 amide bonds. The predicted molar refractivity (Wildman–Crippen MR) is 87.1 cm³/mol. The number of halogens is 3. The van der Waals surface area contributed by atoms with E-state index in [1.54, 1.807) is 18.2 Å². The lowest BCUT2D eigenvalue weighted by Gasteiger charge is -2.10. The normalized spacial score (nSPS) is 15.9. The highest BCUT2D eigenvalue weighted by molar-refractivity contribution is 6.38. The van der Waals surface area contributed by atoms with E-state index in [4.69, 9.17) is 44.6 Å². The van der Waals surface area contributed by atoms with Crippen LogP contribution in [0.4, 0.5) is 0 Å². The summed E-state index contributed by atoms with van der Waals surface area (Å²) >= 11 is 18.3. The molecule has 1 aliphatic heterocycles. The first-order valence-corrected chi connectivity index (χ1v) is 7.72. The first-order valence-electron chi connectivity index (χ1n) is 6.59. The quantitative estimate of drug-likeness (QED) is 0.819. The number of aliphatic carboxylic acids is 1. The maximum Gasteiger partial charge on any atom is 0.345 e. The summed E-state index contributed by atoms with van der Waals surface area (Å²) in [5.41, 5.74) is 0.980. The van der Waals surface area contributed by atoms with Crippen molar-refractivity contribution in [3.05, 3.63) is 62.1 Å². The van der Waals surface area contributed by atoms with Crippen molar-refractivity contribution in [1.82, 2.24) is 0 Å². The molecule has 23 heavy (non-hydrogen) atoms. The second kappa shape index (κ2) is 6.04. The van der Waals surface area contributed by atoms with Gasteiger partial charge in [0.1, 0.15) is 5.75 Å². The molecule has 0 saturated carbocycles. The fourth-order valence-electron chi connectivity index (χ4n) is 2.43. The third kappa shape index (κ3) is 2.90. The van der Waals surface area contributed by atoms with Gasteiger partial charge in [-0.25, -0.2) is 4.79 Å². The van der Waals surface area contributed by atoms with Crippen molar-refractivity contribution in [3.8, 4) is 5.75 Å². The number of carboxylic acids is 1. The van der Waals surface area contributed by atoms with Crippen LogP contribution in [0.25, 0.3) is 0 Å². The Morgan fingerprint density at radius 1 is 1.17 bits per heavy atom. The maximum atomic E-state index is 12.6. The van der Waals surface area contributed by atoms with E-state index in [0.29, 0.717) is 16.1 Å². The molecule has 0 fully saturated rings. The molecule has 1 atom stereocenters. The Labute approximate surface area is 146 Å². The molecular weight excluding hydrogens is 363 g/mol. The van der Waals surface area contributed by atoms with Crippen LogP contribution < -0.4 is 4.74 Å². The highest BCUT2D eigenvalue weighted by atomic mass is 35.5. The monoisotopic (exact) mass is 370 g/mol. The summed E-state index contributed by atoms with van der Waals surface area (Å²) in [7, 11) is 0. The topological polar surface area (TPSA) is 63.6 Å². The van der Waals surface area contributed by atoms with Crippen LogP contribution in [-0.2, 0) is 11.2 Å². The van der Waals surface area contributed by atoms with E-state index in [9.17, 15) is 9.59 Å². The van der Waals surface area contributed by atoms with E-state index in [2.05, 4.69) is 0 Å². The Kier molecular flexibility index (Phi) is 4.23. The number of fused-ring (bicyclic) bond motifs is 1. The first-order chi connectivity index (χ1) is 10.9. The smallest absolute Gasteiger partial charge is 0.345 e. The molecule has 1 heterocycles. The molecule has 0 aliphatic carbocycles. The molecule has 1 aliphatic rings. The Morgan fingerprint density at radius 2 is 1.91 bits per heavy atom. The fraction of sp³-hybridized carbons (Fsp3) is 0.125. The van der Waals surface area contributed by atoms with E-state index in [1.807, 2.05) is 0 Å². The van der Waals surface area contributed by atoms with Crippen LogP contribution in [0, 0.1) is 0 Å². The molecule has 4 nitrogen and oxygen atoms in total. The van der Waals surface area contributed by atoms with Gasteiger partial charge in [0.15, 0.2) is 11.9 Å². The maximum absolute atomic E-state index is 12.6. The lowest BCUT2D eigenvalue weighted by Crippen LogP contribution is -2.24. The molecule has 1 unspecified atom stereocenters. The zero-order chi connectivity index (χ0) is 16.7. The third-order valence-electron chi connectivity index (χ3n) is 3.52. The van der Waals surface area contributed by atoms with Crippen molar-refractivity contribution in [1.29, 1.82) is 0 Å². The summed E-state index contributed by atoms with van der Waals surface area (Å²) in [5.74, 6) is -1.25. The van der Waals surface area contributed by atoms with Crippen molar-refractivity contribution in [2.24, 2.45) is 0 Å². The second-order valence-electron chi connectivity index (χ2n) is 5.02. The summed E-state index contributed by atoms with van der Waals surface area (Å²) < 4.78 is 5.29. The van der Waals surface area contributed by atoms with Crippen LogP contribution in [0.15, 0.2) is 30.3 Å². The molecule has 2 aromatic carbocycles. The molecule has 0 saturated heterocycles. The van der Waals surface area contributed by atoms with Crippen LogP contribution >= 0.6 is 34.8 Å².